The van der Waals surface area contributed by atoms with E-state index in [0.717, 1.165) is 11.4 Å². The molecule has 0 aliphatic carbocycles. The number of amides is 1. The number of aryl methyl sites for hydroxylation is 1. The van der Waals surface area contributed by atoms with Crippen LogP contribution in [0.2, 0.25) is 0 Å². The molecule has 1 aromatic carbocycles. The Bertz CT molecular complexity index is 618. The molecule has 5 nitrogen and oxygen atoms in total. The van der Waals surface area contributed by atoms with Crippen molar-refractivity contribution in [3.8, 4) is 5.75 Å². The molecule has 0 radical (unpaired) electrons. The van der Waals surface area contributed by atoms with Crippen molar-refractivity contribution in [1.29, 1.82) is 0 Å². The lowest BCUT2D eigenvalue weighted by atomic mass is 10.2. The van der Waals surface area contributed by atoms with Gasteiger partial charge in [-0.25, -0.2) is 4.39 Å². The number of nitrogens with zero attached hydrogens (tertiary/aromatic N) is 2. The number of nitrogens with one attached hydrogen (secondary N) is 1. The highest BCUT2D eigenvalue weighted by Gasteiger charge is 2.21. The Labute approximate surface area is 126 Å². The molecule has 2 rings (SSSR count). The van der Waals surface area contributed by atoms with Crippen molar-refractivity contribution in [3.63, 3.8) is 0 Å². The van der Waals surface area contributed by atoms with Gasteiger partial charge in [0.1, 0.15) is 5.01 Å². The molecule has 1 N–H and O–H groups in total. The van der Waals surface area contributed by atoms with E-state index in [2.05, 4.69) is 15.5 Å². The van der Waals surface area contributed by atoms with E-state index in [1.54, 1.807) is 19.1 Å². The van der Waals surface area contributed by atoms with Crippen molar-refractivity contribution in [1.82, 2.24) is 10.2 Å². The Balaban J connectivity index is 2.03. The smallest absolute Gasteiger partial charge is 0.267 e. The van der Waals surface area contributed by atoms with Gasteiger partial charge in [-0.2, -0.15) is 0 Å². The zero-order valence-electron chi connectivity index (χ0n) is 11.8. The molecule has 0 spiro atoms. The second-order valence-electron chi connectivity index (χ2n) is 4.29. The first-order valence-corrected chi connectivity index (χ1v) is 7.50. The summed E-state index contributed by atoms with van der Waals surface area (Å²) >= 11 is 1.31. The summed E-state index contributed by atoms with van der Waals surface area (Å²) in [6.45, 7) is 3.75. The largest absolute Gasteiger partial charge is 0.478 e. The van der Waals surface area contributed by atoms with Crippen molar-refractivity contribution in [2.45, 2.75) is 32.8 Å². The fraction of sp³-hybridized carbons (Fsp3) is 0.357. The van der Waals surface area contributed by atoms with Crippen molar-refractivity contribution in [3.05, 3.63) is 35.1 Å². The van der Waals surface area contributed by atoms with Gasteiger partial charge in [-0.05, 0) is 25.0 Å². The molecular formula is C14H16FN3O2S. The molecule has 0 bridgehead atoms. The molecule has 1 unspecified atom stereocenters. The number of carbonyl (C=O) groups is 1. The van der Waals surface area contributed by atoms with Crippen LogP contribution in [0.25, 0.3) is 0 Å². The third kappa shape index (κ3) is 3.98. The van der Waals surface area contributed by atoms with Crippen LogP contribution < -0.4 is 10.1 Å². The molecule has 1 aromatic heterocycles. The quantitative estimate of drug-likeness (QED) is 0.891. The van der Waals surface area contributed by atoms with E-state index in [4.69, 9.17) is 4.74 Å². The molecule has 0 saturated carbocycles. The molecule has 112 valence electrons. The van der Waals surface area contributed by atoms with E-state index in [1.165, 1.54) is 23.5 Å². The maximum atomic E-state index is 13.5. The Morgan fingerprint density at radius 1 is 1.38 bits per heavy atom. The minimum atomic E-state index is -0.782. The summed E-state index contributed by atoms with van der Waals surface area (Å²) < 4.78 is 19.0. The van der Waals surface area contributed by atoms with Crippen molar-refractivity contribution in [2.75, 3.05) is 5.32 Å². The van der Waals surface area contributed by atoms with Crippen LogP contribution in [0, 0.1) is 5.82 Å². The Hall–Kier alpha value is -2.02. The maximum Gasteiger partial charge on any atom is 0.267 e. The van der Waals surface area contributed by atoms with Crippen LogP contribution in [0.5, 0.6) is 5.75 Å². The predicted octanol–water partition coefficient (Wildman–Crippen LogP) is 3.04. The second-order valence-corrected chi connectivity index (χ2v) is 5.35. The van der Waals surface area contributed by atoms with Gasteiger partial charge in [0.25, 0.3) is 5.91 Å². The SMILES string of the molecule is CCc1nnc(NC(=O)C(CC)Oc2ccccc2F)s1. The number of ether oxygens (including phenoxy) is 1. The monoisotopic (exact) mass is 309 g/mol. The normalized spacial score (nSPS) is 12.0. The number of para-hydroxylation sites is 1. The number of aromatic nitrogens is 2. The van der Waals surface area contributed by atoms with Crippen LogP contribution >= 0.6 is 11.3 Å². The maximum absolute atomic E-state index is 13.5. The number of carbonyl (C=O) groups excluding carboxylic acids is 1. The number of halogens is 1. The summed E-state index contributed by atoms with van der Waals surface area (Å²) in [6.07, 6.45) is 0.395. The van der Waals surface area contributed by atoms with Gasteiger partial charge in [0.15, 0.2) is 17.7 Å². The van der Waals surface area contributed by atoms with Gasteiger partial charge in [-0.3, -0.25) is 10.1 Å². The summed E-state index contributed by atoms with van der Waals surface area (Å²) in [5.41, 5.74) is 0. The fourth-order valence-corrected chi connectivity index (χ4v) is 2.33. The summed E-state index contributed by atoms with van der Waals surface area (Å²) in [4.78, 5) is 12.1. The zero-order chi connectivity index (χ0) is 15.2. The standard InChI is InChI=1S/C14H16FN3O2S/c1-3-10(20-11-8-6-5-7-9(11)15)13(19)16-14-18-17-12(4-2)21-14/h5-8,10H,3-4H2,1-2H3,(H,16,18,19). The zero-order valence-corrected chi connectivity index (χ0v) is 12.6. The van der Waals surface area contributed by atoms with Crippen molar-refractivity contribution in [2.24, 2.45) is 0 Å². The fourth-order valence-electron chi connectivity index (χ4n) is 1.65. The van der Waals surface area contributed by atoms with E-state index in [9.17, 15) is 9.18 Å². The predicted molar refractivity (Wildman–Crippen MR) is 79.0 cm³/mol. The number of hydrogen-bond acceptors (Lipinski definition) is 5. The summed E-state index contributed by atoms with van der Waals surface area (Å²) in [7, 11) is 0. The molecule has 0 fully saturated rings. The second kappa shape index (κ2) is 7.12. The van der Waals surface area contributed by atoms with Crippen LogP contribution in [0.4, 0.5) is 9.52 Å². The van der Waals surface area contributed by atoms with Gasteiger partial charge in [0.05, 0.1) is 0 Å². The van der Waals surface area contributed by atoms with Crippen LogP contribution in [0.1, 0.15) is 25.3 Å². The molecule has 0 saturated heterocycles. The average molecular weight is 309 g/mol. The first kappa shape index (κ1) is 15.4. The first-order valence-electron chi connectivity index (χ1n) is 6.68. The lowest BCUT2D eigenvalue weighted by molar-refractivity contribution is -0.122. The molecule has 21 heavy (non-hydrogen) atoms. The Kier molecular flexibility index (Phi) is 5.21. The third-order valence-electron chi connectivity index (χ3n) is 2.77. The Morgan fingerprint density at radius 2 is 2.14 bits per heavy atom. The molecule has 1 atom stereocenters. The highest BCUT2D eigenvalue weighted by Crippen LogP contribution is 2.20. The van der Waals surface area contributed by atoms with Crippen molar-refractivity contribution < 1.29 is 13.9 Å². The van der Waals surface area contributed by atoms with Gasteiger partial charge in [-0.1, -0.05) is 37.3 Å². The number of hydrogen-bond donors (Lipinski definition) is 1. The highest BCUT2D eigenvalue weighted by atomic mass is 32.1. The first-order chi connectivity index (χ1) is 10.1. The molecule has 7 heteroatoms. The van der Waals surface area contributed by atoms with Crippen molar-refractivity contribution >= 4 is 22.4 Å². The van der Waals surface area contributed by atoms with Gasteiger partial charge >= 0.3 is 0 Å². The summed E-state index contributed by atoms with van der Waals surface area (Å²) in [5, 5.41) is 11.7. The third-order valence-corrected chi connectivity index (χ3v) is 3.75. The van der Waals surface area contributed by atoms with Crippen LogP contribution in [-0.2, 0) is 11.2 Å². The van der Waals surface area contributed by atoms with E-state index in [0.29, 0.717) is 11.6 Å². The molecule has 0 aliphatic rings. The molecule has 1 heterocycles. The molecule has 0 aliphatic heterocycles. The van der Waals surface area contributed by atoms with E-state index in [1.807, 2.05) is 6.92 Å². The van der Waals surface area contributed by atoms with Gasteiger partial charge in [0, 0.05) is 0 Å². The van der Waals surface area contributed by atoms with Gasteiger partial charge < -0.3 is 4.74 Å². The molecule has 1 amide bonds. The number of benzene rings is 1. The lowest BCUT2D eigenvalue weighted by Crippen LogP contribution is -2.32. The topological polar surface area (TPSA) is 64.1 Å². The molecule has 2 aromatic rings. The van der Waals surface area contributed by atoms with Crippen LogP contribution in [-0.4, -0.2) is 22.2 Å². The van der Waals surface area contributed by atoms with Gasteiger partial charge in [-0.15, -0.1) is 10.2 Å². The number of rotatable bonds is 6. The minimum absolute atomic E-state index is 0.0611. The average Bonchev–Trinajstić information content (AvgIpc) is 2.94. The van der Waals surface area contributed by atoms with Gasteiger partial charge in [0.2, 0.25) is 5.13 Å². The minimum Gasteiger partial charge on any atom is -0.478 e. The Morgan fingerprint density at radius 3 is 2.76 bits per heavy atom. The highest BCUT2D eigenvalue weighted by molar-refractivity contribution is 7.15. The van der Waals surface area contributed by atoms with E-state index >= 15 is 0 Å². The van der Waals surface area contributed by atoms with E-state index in [-0.39, 0.29) is 11.7 Å². The summed E-state index contributed by atoms with van der Waals surface area (Å²) in [6, 6.07) is 6.00. The summed E-state index contributed by atoms with van der Waals surface area (Å²) in [5.74, 6) is -0.793. The van der Waals surface area contributed by atoms with E-state index < -0.39 is 11.9 Å². The van der Waals surface area contributed by atoms with Crippen LogP contribution in [0.3, 0.4) is 0 Å². The molecular weight excluding hydrogens is 293 g/mol. The lowest BCUT2D eigenvalue weighted by Gasteiger charge is -2.16. The van der Waals surface area contributed by atoms with Crippen LogP contribution in [0.15, 0.2) is 24.3 Å². The number of anilines is 1.